The predicted molar refractivity (Wildman–Crippen MR) is 109 cm³/mol. The third-order valence-corrected chi connectivity index (χ3v) is 4.63. The van der Waals surface area contributed by atoms with Gasteiger partial charge in [-0.15, -0.1) is 0 Å². The van der Waals surface area contributed by atoms with Gasteiger partial charge in [0.15, 0.2) is 13.1 Å². The van der Waals surface area contributed by atoms with Crippen molar-refractivity contribution in [3.05, 3.63) is 41.5 Å². The maximum absolute atomic E-state index is 12.1. The number of allylic oxidation sites excluding steroid dienone is 1. The second-order valence-corrected chi connectivity index (χ2v) is 7.39. The molecular formula is C21H31N4O3+. The zero-order valence-corrected chi connectivity index (χ0v) is 16.8. The number of anilines is 1. The van der Waals surface area contributed by atoms with E-state index in [1.165, 1.54) is 18.4 Å². The molecular weight excluding hydrogens is 356 g/mol. The van der Waals surface area contributed by atoms with Crippen LogP contribution in [0, 0.1) is 6.92 Å². The van der Waals surface area contributed by atoms with E-state index in [9.17, 15) is 14.4 Å². The Morgan fingerprint density at radius 2 is 1.75 bits per heavy atom. The van der Waals surface area contributed by atoms with Crippen molar-refractivity contribution >= 4 is 23.5 Å². The molecule has 0 saturated carbocycles. The molecule has 7 nitrogen and oxygen atoms in total. The van der Waals surface area contributed by atoms with E-state index in [4.69, 9.17) is 0 Å². The number of amides is 4. The molecule has 0 fully saturated rings. The average molecular weight is 388 g/mol. The van der Waals surface area contributed by atoms with Crippen molar-refractivity contribution < 1.29 is 19.3 Å². The smallest absolute Gasteiger partial charge is 0.321 e. The topological polar surface area (TPSA) is 91.7 Å². The highest BCUT2D eigenvalue weighted by Crippen LogP contribution is 2.19. The van der Waals surface area contributed by atoms with Gasteiger partial charge in [0.2, 0.25) is 0 Å². The molecule has 0 saturated heterocycles. The molecule has 0 aromatic heterocycles. The van der Waals surface area contributed by atoms with Gasteiger partial charge in [-0.25, -0.2) is 4.79 Å². The molecule has 1 atom stereocenters. The van der Waals surface area contributed by atoms with Gasteiger partial charge in [-0.1, -0.05) is 29.3 Å². The van der Waals surface area contributed by atoms with E-state index in [1.54, 1.807) is 7.05 Å². The van der Waals surface area contributed by atoms with Crippen molar-refractivity contribution in [3.8, 4) is 0 Å². The standard InChI is InChI=1S/C21H30N4O3/c1-16-8-10-18(11-9-16)23-19(26)14-25(2)15-20(27)24-21(28)22-13-12-17-6-4-3-5-7-17/h6,8-11H,3-5,7,12-15H2,1-2H3,(H,23,26)(H2,22,24,27,28)/p+1. The van der Waals surface area contributed by atoms with Crippen molar-refractivity contribution in [3.63, 3.8) is 0 Å². The largest absolute Gasteiger partial charge is 0.337 e. The van der Waals surface area contributed by atoms with Gasteiger partial charge in [-0.2, -0.15) is 0 Å². The van der Waals surface area contributed by atoms with E-state index >= 15 is 0 Å². The summed E-state index contributed by atoms with van der Waals surface area (Å²) in [7, 11) is 1.74. The Hall–Kier alpha value is -2.67. The summed E-state index contributed by atoms with van der Waals surface area (Å²) in [5.74, 6) is -0.589. The molecule has 28 heavy (non-hydrogen) atoms. The number of carbonyl (C=O) groups is 3. The number of carbonyl (C=O) groups excluding carboxylic acids is 3. The number of rotatable bonds is 8. The summed E-state index contributed by atoms with van der Waals surface area (Å²) in [6, 6.07) is 7.02. The summed E-state index contributed by atoms with van der Waals surface area (Å²) in [6.07, 6.45) is 7.74. The third kappa shape index (κ3) is 8.35. The van der Waals surface area contributed by atoms with Gasteiger partial charge in [0.25, 0.3) is 11.8 Å². The Morgan fingerprint density at radius 1 is 1.04 bits per heavy atom. The monoisotopic (exact) mass is 387 g/mol. The summed E-state index contributed by atoms with van der Waals surface area (Å²) >= 11 is 0. The lowest BCUT2D eigenvalue weighted by Crippen LogP contribution is -3.11. The van der Waals surface area contributed by atoms with Crippen LogP contribution in [0.5, 0.6) is 0 Å². The van der Waals surface area contributed by atoms with Gasteiger partial charge >= 0.3 is 6.03 Å². The summed E-state index contributed by atoms with van der Waals surface area (Å²) < 4.78 is 0. The molecule has 4 amide bonds. The molecule has 1 unspecified atom stereocenters. The number of quaternary nitrogens is 1. The van der Waals surface area contributed by atoms with Crippen LogP contribution in [0.15, 0.2) is 35.9 Å². The average Bonchev–Trinajstić information content (AvgIpc) is 2.64. The zero-order valence-electron chi connectivity index (χ0n) is 16.8. The molecule has 1 aliphatic carbocycles. The minimum Gasteiger partial charge on any atom is -0.337 e. The van der Waals surface area contributed by atoms with Crippen molar-refractivity contribution in [2.24, 2.45) is 0 Å². The number of benzene rings is 1. The molecule has 0 heterocycles. The van der Waals surface area contributed by atoms with Gasteiger partial charge in [0, 0.05) is 12.2 Å². The molecule has 4 N–H and O–H groups in total. The Balaban J connectivity index is 1.62. The number of imide groups is 1. The molecule has 2 rings (SSSR count). The molecule has 0 spiro atoms. The van der Waals surface area contributed by atoms with Gasteiger partial charge in [-0.3, -0.25) is 14.9 Å². The Kier molecular flexibility index (Phi) is 8.68. The summed E-state index contributed by atoms with van der Waals surface area (Å²) in [5.41, 5.74) is 3.22. The van der Waals surface area contributed by atoms with Crippen LogP contribution in [0.2, 0.25) is 0 Å². The second-order valence-electron chi connectivity index (χ2n) is 7.39. The number of urea groups is 1. The number of likely N-dealkylation sites (N-methyl/N-ethyl adjacent to an activating group) is 1. The highest BCUT2D eigenvalue weighted by molar-refractivity contribution is 5.95. The van der Waals surface area contributed by atoms with E-state index in [2.05, 4.69) is 22.0 Å². The molecule has 0 bridgehead atoms. The van der Waals surface area contributed by atoms with Gasteiger partial charge < -0.3 is 15.5 Å². The van der Waals surface area contributed by atoms with Crippen LogP contribution in [0.4, 0.5) is 10.5 Å². The third-order valence-electron chi connectivity index (χ3n) is 4.63. The van der Waals surface area contributed by atoms with Crippen LogP contribution < -0.4 is 20.9 Å². The highest BCUT2D eigenvalue weighted by atomic mass is 16.2. The van der Waals surface area contributed by atoms with Crippen LogP contribution >= 0.6 is 0 Å². The van der Waals surface area contributed by atoms with Gasteiger partial charge in [0.05, 0.1) is 7.05 Å². The lowest BCUT2D eigenvalue weighted by Gasteiger charge is -2.14. The fourth-order valence-electron chi connectivity index (χ4n) is 3.14. The first-order valence-corrected chi connectivity index (χ1v) is 9.86. The summed E-state index contributed by atoms with van der Waals surface area (Å²) in [6.45, 7) is 2.68. The Morgan fingerprint density at radius 3 is 2.43 bits per heavy atom. The Labute approximate surface area is 166 Å². The van der Waals surface area contributed by atoms with Crippen molar-refractivity contribution in [2.75, 3.05) is 32.0 Å². The lowest BCUT2D eigenvalue weighted by molar-refractivity contribution is -0.862. The molecule has 7 heteroatoms. The first kappa shape index (κ1) is 21.6. The molecule has 1 aromatic carbocycles. The lowest BCUT2D eigenvalue weighted by atomic mass is 9.97. The van der Waals surface area contributed by atoms with E-state index in [0.29, 0.717) is 11.4 Å². The maximum Gasteiger partial charge on any atom is 0.321 e. The van der Waals surface area contributed by atoms with Crippen LogP contribution in [-0.2, 0) is 9.59 Å². The summed E-state index contributed by atoms with van der Waals surface area (Å²) in [5, 5.41) is 7.83. The number of aryl methyl sites for hydroxylation is 1. The number of nitrogens with one attached hydrogen (secondary N) is 4. The molecule has 0 radical (unpaired) electrons. The molecule has 1 aliphatic rings. The predicted octanol–water partition coefficient (Wildman–Crippen LogP) is 1.16. The van der Waals surface area contributed by atoms with Crippen LogP contribution in [0.1, 0.15) is 37.7 Å². The van der Waals surface area contributed by atoms with Gasteiger partial charge in [-0.05, 0) is 51.2 Å². The minimum atomic E-state index is -0.488. The fraction of sp³-hybridized carbons (Fsp3) is 0.476. The van der Waals surface area contributed by atoms with E-state index in [-0.39, 0.29) is 19.0 Å². The number of hydrogen-bond acceptors (Lipinski definition) is 3. The minimum absolute atomic E-state index is 0.0416. The van der Waals surface area contributed by atoms with Crippen LogP contribution in [0.25, 0.3) is 0 Å². The molecule has 1 aromatic rings. The summed E-state index contributed by atoms with van der Waals surface area (Å²) in [4.78, 5) is 36.5. The second kappa shape index (κ2) is 11.2. The highest BCUT2D eigenvalue weighted by Gasteiger charge is 2.16. The van der Waals surface area contributed by atoms with Crippen molar-refractivity contribution in [2.45, 2.75) is 39.0 Å². The quantitative estimate of drug-likeness (QED) is 0.505. The molecule has 0 aliphatic heterocycles. The van der Waals surface area contributed by atoms with Crippen molar-refractivity contribution in [1.29, 1.82) is 0 Å². The first-order valence-electron chi connectivity index (χ1n) is 9.86. The van der Waals surface area contributed by atoms with Gasteiger partial charge in [0.1, 0.15) is 0 Å². The van der Waals surface area contributed by atoms with Crippen molar-refractivity contribution in [1.82, 2.24) is 10.6 Å². The number of hydrogen-bond donors (Lipinski definition) is 4. The van der Waals surface area contributed by atoms with Crippen LogP contribution in [0.3, 0.4) is 0 Å². The normalized spacial score (nSPS) is 14.6. The maximum atomic E-state index is 12.1. The fourth-order valence-corrected chi connectivity index (χ4v) is 3.14. The SMILES string of the molecule is Cc1ccc(NC(=O)C[NH+](C)CC(=O)NC(=O)NCCC2=CCCCC2)cc1. The van der Waals surface area contributed by atoms with Crippen LogP contribution in [-0.4, -0.2) is 44.5 Å². The Bertz CT molecular complexity index is 713. The zero-order chi connectivity index (χ0) is 20.4. The van der Waals surface area contributed by atoms with E-state index in [0.717, 1.165) is 30.5 Å². The first-order chi connectivity index (χ1) is 13.4. The van der Waals surface area contributed by atoms with E-state index in [1.807, 2.05) is 31.2 Å². The molecule has 152 valence electrons. The van der Waals surface area contributed by atoms with E-state index < -0.39 is 11.9 Å².